The maximum atomic E-state index is 12.3. The number of rotatable bonds is 2. The Kier molecular flexibility index (Phi) is 3.89. The molecule has 0 fully saturated rings. The lowest BCUT2D eigenvalue weighted by atomic mass is 10.1. The standard InChI is InChI=1S/C16H17N3O2/c20-11-5-8-13-6-1-2-7-14(13)12-19-16(21)18-10-4-3-9-15(18)17-19/h1-2,6-7,20H,3-4,9-12H2. The topological polar surface area (TPSA) is 60.1 Å². The number of aromatic nitrogens is 3. The summed E-state index contributed by atoms with van der Waals surface area (Å²) in [6.07, 6.45) is 3.00. The van der Waals surface area contributed by atoms with Gasteiger partial charge in [-0.25, -0.2) is 9.48 Å². The fourth-order valence-electron chi connectivity index (χ4n) is 2.63. The van der Waals surface area contributed by atoms with Crippen molar-refractivity contribution in [2.45, 2.75) is 32.4 Å². The molecule has 0 spiro atoms. The predicted molar refractivity (Wildman–Crippen MR) is 78.9 cm³/mol. The molecule has 0 unspecified atom stereocenters. The van der Waals surface area contributed by atoms with Crippen LogP contribution in [-0.4, -0.2) is 26.1 Å². The van der Waals surface area contributed by atoms with Gasteiger partial charge in [-0.15, -0.1) is 0 Å². The Labute approximate surface area is 122 Å². The van der Waals surface area contributed by atoms with Crippen molar-refractivity contribution >= 4 is 0 Å². The molecule has 2 heterocycles. The second-order valence-corrected chi connectivity index (χ2v) is 5.08. The average molecular weight is 283 g/mol. The highest BCUT2D eigenvalue weighted by molar-refractivity contribution is 5.41. The molecule has 0 saturated heterocycles. The molecule has 2 aromatic rings. The van der Waals surface area contributed by atoms with E-state index in [2.05, 4.69) is 16.9 Å². The fraction of sp³-hybridized carbons (Fsp3) is 0.375. The molecule has 0 bridgehead atoms. The molecule has 1 aromatic heterocycles. The minimum absolute atomic E-state index is 0.0466. The van der Waals surface area contributed by atoms with Gasteiger partial charge in [0.25, 0.3) is 0 Å². The van der Waals surface area contributed by atoms with E-state index in [0.717, 1.165) is 42.8 Å². The number of aryl methyl sites for hydroxylation is 1. The van der Waals surface area contributed by atoms with Crippen molar-refractivity contribution in [1.29, 1.82) is 0 Å². The molecule has 21 heavy (non-hydrogen) atoms. The van der Waals surface area contributed by atoms with Crippen LogP contribution in [0.25, 0.3) is 0 Å². The zero-order chi connectivity index (χ0) is 14.7. The van der Waals surface area contributed by atoms with Gasteiger partial charge in [-0.2, -0.15) is 5.10 Å². The van der Waals surface area contributed by atoms with E-state index in [4.69, 9.17) is 5.11 Å². The summed E-state index contributed by atoms with van der Waals surface area (Å²) in [5.41, 5.74) is 1.72. The lowest BCUT2D eigenvalue weighted by Gasteiger charge is -2.09. The van der Waals surface area contributed by atoms with Crippen LogP contribution in [0.4, 0.5) is 0 Å². The summed E-state index contributed by atoms with van der Waals surface area (Å²) in [7, 11) is 0. The van der Waals surface area contributed by atoms with Crippen molar-refractivity contribution in [2.24, 2.45) is 0 Å². The van der Waals surface area contributed by atoms with E-state index in [-0.39, 0.29) is 12.3 Å². The van der Waals surface area contributed by atoms with Crippen LogP contribution in [0, 0.1) is 11.8 Å². The quantitative estimate of drug-likeness (QED) is 0.828. The molecule has 5 heteroatoms. The third-order valence-corrected chi connectivity index (χ3v) is 3.67. The first-order valence-electron chi connectivity index (χ1n) is 7.14. The Bertz CT molecular complexity index is 762. The minimum atomic E-state index is -0.174. The molecule has 0 saturated carbocycles. The van der Waals surface area contributed by atoms with Gasteiger partial charge < -0.3 is 5.11 Å². The van der Waals surface area contributed by atoms with Gasteiger partial charge in [0.15, 0.2) is 0 Å². The molecule has 5 nitrogen and oxygen atoms in total. The number of benzene rings is 1. The number of aliphatic hydroxyl groups is 1. The summed E-state index contributed by atoms with van der Waals surface area (Å²) < 4.78 is 3.28. The molecular weight excluding hydrogens is 266 g/mol. The number of nitrogens with zero attached hydrogens (tertiary/aromatic N) is 3. The van der Waals surface area contributed by atoms with Gasteiger partial charge in [0.1, 0.15) is 12.4 Å². The summed E-state index contributed by atoms with van der Waals surface area (Å²) >= 11 is 0. The first kappa shape index (κ1) is 13.7. The molecule has 1 aromatic carbocycles. The average Bonchev–Trinajstić information content (AvgIpc) is 2.83. The predicted octanol–water partition coefficient (Wildman–Crippen LogP) is 0.773. The summed E-state index contributed by atoms with van der Waals surface area (Å²) in [6.45, 7) is 1.00. The van der Waals surface area contributed by atoms with E-state index >= 15 is 0 Å². The summed E-state index contributed by atoms with van der Waals surface area (Å²) in [5.74, 6) is 6.44. The van der Waals surface area contributed by atoms with Crippen molar-refractivity contribution in [3.8, 4) is 11.8 Å². The highest BCUT2D eigenvalue weighted by Crippen LogP contribution is 2.12. The van der Waals surface area contributed by atoms with Gasteiger partial charge >= 0.3 is 5.69 Å². The molecule has 108 valence electrons. The maximum absolute atomic E-state index is 12.3. The van der Waals surface area contributed by atoms with E-state index < -0.39 is 0 Å². The summed E-state index contributed by atoms with van der Waals surface area (Å²) in [6, 6.07) is 7.64. The Morgan fingerprint density at radius 2 is 2.14 bits per heavy atom. The van der Waals surface area contributed by atoms with Crippen LogP contribution in [0.5, 0.6) is 0 Å². The Morgan fingerprint density at radius 3 is 2.95 bits per heavy atom. The lowest BCUT2D eigenvalue weighted by molar-refractivity contribution is 0.350. The zero-order valence-electron chi connectivity index (χ0n) is 11.7. The third-order valence-electron chi connectivity index (χ3n) is 3.67. The molecule has 1 N–H and O–H groups in total. The van der Waals surface area contributed by atoms with Crippen molar-refractivity contribution in [2.75, 3.05) is 6.61 Å². The Morgan fingerprint density at radius 1 is 1.29 bits per heavy atom. The maximum Gasteiger partial charge on any atom is 0.346 e. The Balaban J connectivity index is 1.94. The first-order chi connectivity index (χ1) is 10.3. The zero-order valence-corrected chi connectivity index (χ0v) is 11.7. The van der Waals surface area contributed by atoms with Crippen LogP contribution < -0.4 is 5.69 Å². The number of fused-ring (bicyclic) bond motifs is 1. The van der Waals surface area contributed by atoms with Gasteiger partial charge in [0.2, 0.25) is 0 Å². The fourth-order valence-corrected chi connectivity index (χ4v) is 2.63. The number of hydrogen-bond acceptors (Lipinski definition) is 3. The molecule has 1 aliphatic heterocycles. The van der Waals surface area contributed by atoms with Crippen LogP contribution in [0.1, 0.15) is 29.8 Å². The van der Waals surface area contributed by atoms with Gasteiger partial charge in [0, 0.05) is 18.5 Å². The third kappa shape index (κ3) is 2.76. The molecule has 0 radical (unpaired) electrons. The highest BCUT2D eigenvalue weighted by Gasteiger charge is 2.17. The van der Waals surface area contributed by atoms with Crippen LogP contribution in [0.15, 0.2) is 29.1 Å². The van der Waals surface area contributed by atoms with Crippen molar-refractivity contribution in [1.82, 2.24) is 14.3 Å². The summed E-state index contributed by atoms with van der Waals surface area (Å²) in [4.78, 5) is 12.3. The molecular formula is C16H17N3O2. The molecule has 0 amide bonds. The van der Waals surface area contributed by atoms with E-state index in [9.17, 15) is 4.79 Å². The molecule has 1 aliphatic rings. The smallest absolute Gasteiger partial charge is 0.346 e. The molecule has 0 atom stereocenters. The monoisotopic (exact) mass is 283 g/mol. The van der Waals surface area contributed by atoms with E-state index in [1.165, 1.54) is 4.68 Å². The number of aliphatic hydroxyl groups excluding tert-OH is 1. The SMILES string of the molecule is O=c1n(Cc2ccccc2C#CCO)nc2n1CCCC2. The van der Waals surface area contributed by atoms with E-state index in [1.807, 2.05) is 24.3 Å². The first-order valence-corrected chi connectivity index (χ1v) is 7.14. The van der Waals surface area contributed by atoms with Gasteiger partial charge in [0.05, 0.1) is 6.54 Å². The molecule has 3 rings (SSSR count). The lowest BCUT2D eigenvalue weighted by Crippen LogP contribution is -2.27. The number of hydrogen-bond donors (Lipinski definition) is 1. The van der Waals surface area contributed by atoms with Crippen molar-refractivity contribution in [3.63, 3.8) is 0 Å². The van der Waals surface area contributed by atoms with Crippen LogP contribution in [0.2, 0.25) is 0 Å². The second-order valence-electron chi connectivity index (χ2n) is 5.08. The van der Waals surface area contributed by atoms with Crippen LogP contribution >= 0.6 is 0 Å². The van der Waals surface area contributed by atoms with E-state index in [0.29, 0.717) is 6.54 Å². The van der Waals surface area contributed by atoms with Crippen molar-refractivity contribution in [3.05, 3.63) is 51.7 Å². The van der Waals surface area contributed by atoms with Gasteiger partial charge in [-0.05, 0) is 24.5 Å². The van der Waals surface area contributed by atoms with Gasteiger partial charge in [-0.3, -0.25) is 4.57 Å². The van der Waals surface area contributed by atoms with Crippen LogP contribution in [-0.2, 0) is 19.5 Å². The molecule has 0 aliphatic carbocycles. The minimum Gasteiger partial charge on any atom is -0.384 e. The van der Waals surface area contributed by atoms with Crippen LogP contribution in [0.3, 0.4) is 0 Å². The highest BCUT2D eigenvalue weighted by atomic mass is 16.2. The Hall–Kier alpha value is -2.32. The normalized spacial score (nSPS) is 13.4. The largest absolute Gasteiger partial charge is 0.384 e. The second kappa shape index (κ2) is 5.98. The summed E-state index contributed by atoms with van der Waals surface area (Å²) in [5, 5.41) is 13.3. The van der Waals surface area contributed by atoms with Crippen molar-refractivity contribution < 1.29 is 5.11 Å². The van der Waals surface area contributed by atoms with Gasteiger partial charge in [-0.1, -0.05) is 30.0 Å². The van der Waals surface area contributed by atoms with E-state index in [1.54, 1.807) is 4.57 Å².